The summed E-state index contributed by atoms with van der Waals surface area (Å²) in [6, 6.07) is 11.7. The third-order valence-electron chi connectivity index (χ3n) is 3.09. The van der Waals surface area contributed by atoms with E-state index in [0.717, 1.165) is 22.6 Å². The van der Waals surface area contributed by atoms with Crippen LogP contribution in [0.15, 0.2) is 36.4 Å². The first-order valence-electron chi connectivity index (χ1n) is 6.23. The van der Waals surface area contributed by atoms with Gasteiger partial charge in [-0.3, -0.25) is 0 Å². The summed E-state index contributed by atoms with van der Waals surface area (Å²) in [6.45, 7) is 4.50. The van der Waals surface area contributed by atoms with Crippen LogP contribution in [0.1, 0.15) is 16.7 Å². The number of anilines is 1. The average Bonchev–Trinajstić information content (AvgIpc) is 2.39. The van der Waals surface area contributed by atoms with Crippen LogP contribution in [0.3, 0.4) is 0 Å². The lowest BCUT2D eigenvalue weighted by molar-refractivity contribution is 0.295. The molecular weight excluding hydrogens is 238 g/mol. The molecule has 0 unspecified atom stereocenters. The molecule has 0 bridgehead atoms. The lowest BCUT2D eigenvalue weighted by atomic mass is 10.1. The van der Waals surface area contributed by atoms with Gasteiger partial charge >= 0.3 is 0 Å². The standard InChI is InChI=1S/C16H19NO2/c1-11-7-8-15(12(2)9-11)19-10-13-14(17)5-4-6-16(13)18-3/h4-9H,10,17H2,1-3H3. The Morgan fingerprint density at radius 3 is 2.53 bits per heavy atom. The topological polar surface area (TPSA) is 44.5 Å². The Hall–Kier alpha value is -2.16. The van der Waals surface area contributed by atoms with Crippen LogP contribution in [-0.4, -0.2) is 7.11 Å². The van der Waals surface area contributed by atoms with E-state index >= 15 is 0 Å². The van der Waals surface area contributed by atoms with E-state index in [-0.39, 0.29) is 0 Å². The highest BCUT2D eigenvalue weighted by atomic mass is 16.5. The second kappa shape index (κ2) is 5.65. The molecule has 0 radical (unpaired) electrons. The molecule has 2 rings (SSSR count). The van der Waals surface area contributed by atoms with Crippen LogP contribution in [-0.2, 0) is 6.61 Å². The van der Waals surface area contributed by atoms with Crippen LogP contribution < -0.4 is 15.2 Å². The largest absolute Gasteiger partial charge is 0.496 e. The first-order valence-corrected chi connectivity index (χ1v) is 6.23. The number of rotatable bonds is 4. The molecule has 0 spiro atoms. The van der Waals surface area contributed by atoms with Crippen LogP contribution in [0.2, 0.25) is 0 Å². The predicted molar refractivity (Wildman–Crippen MR) is 77.7 cm³/mol. The molecule has 2 aromatic carbocycles. The quantitative estimate of drug-likeness (QED) is 0.853. The zero-order valence-corrected chi connectivity index (χ0v) is 11.6. The predicted octanol–water partition coefficient (Wildman–Crippen LogP) is 3.47. The van der Waals surface area contributed by atoms with Gasteiger partial charge in [-0.25, -0.2) is 0 Å². The van der Waals surface area contributed by atoms with E-state index in [1.165, 1.54) is 5.56 Å². The highest BCUT2D eigenvalue weighted by Crippen LogP contribution is 2.27. The van der Waals surface area contributed by atoms with E-state index in [1.807, 2.05) is 37.3 Å². The molecule has 0 heterocycles. The Morgan fingerprint density at radius 1 is 1.05 bits per heavy atom. The van der Waals surface area contributed by atoms with Crippen molar-refractivity contribution in [3.63, 3.8) is 0 Å². The van der Waals surface area contributed by atoms with Gasteiger partial charge < -0.3 is 15.2 Å². The zero-order valence-electron chi connectivity index (χ0n) is 11.6. The summed E-state index contributed by atoms with van der Waals surface area (Å²) in [5.74, 6) is 1.63. The first-order chi connectivity index (χ1) is 9.11. The minimum Gasteiger partial charge on any atom is -0.496 e. The van der Waals surface area contributed by atoms with Gasteiger partial charge in [-0.05, 0) is 37.6 Å². The number of benzene rings is 2. The van der Waals surface area contributed by atoms with Crippen LogP contribution in [0, 0.1) is 13.8 Å². The number of hydrogen-bond donors (Lipinski definition) is 1. The molecule has 2 aromatic rings. The van der Waals surface area contributed by atoms with E-state index in [2.05, 4.69) is 13.0 Å². The summed E-state index contributed by atoms with van der Waals surface area (Å²) >= 11 is 0. The van der Waals surface area contributed by atoms with Gasteiger partial charge in [0, 0.05) is 5.69 Å². The minimum atomic E-state index is 0.403. The molecule has 3 heteroatoms. The highest BCUT2D eigenvalue weighted by molar-refractivity contribution is 5.54. The summed E-state index contributed by atoms with van der Waals surface area (Å²) in [5, 5.41) is 0. The number of ether oxygens (including phenoxy) is 2. The molecule has 0 fully saturated rings. The average molecular weight is 257 g/mol. The molecular formula is C16H19NO2. The molecule has 0 saturated carbocycles. The fourth-order valence-electron chi connectivity index (χ4n) is 2.04. The summed E-state index contributed by atoms with van der Waals surface area (Å²) in [5.41, 5.74) is 9.87. The minimum absolute atomic E-state index is 0.403. The third-order valence-corrected chi connectivity index (χ3v) is 3.09. The van der Waals surface area contributed by atoms with Crippen molar-refractivity contribution in [3.05, 3.63) is 53.1 Å². The Morgan fingerprint density at radius 2 is 1.84 bits per heavy atom. The van der Waals surface area contributed by atoms with E-state index in [1.54, 1.807) is 7.11 Å². The van der Waals surface area contributed by atoms with Crippen molar-refractivity contribution in [1.29, 1.82) is 0 Å². The molecule has 0 aliphatic heterocycles. The van der Waals surface area contributed by atoms with E-state index in [0.29, 0.717) is 12.3 Å². The number of methoxy groups -OCH3 is 1. The molecule has 0 amide bonds. The molecule has 19 heavy (non-hydrogen) atoms. The maximum Gasteiger partial charge on any atom is 0.127 e. The van der Waals surface area contributed by atoms with E-state index in [4.69, 9.17) is 15.2 Å². The third kappa shape index (κ3) is 2.99. The Balaban J connectivity index is 2.19. The number of nitrogen functional groups attached to an aromatic ring is 1. The van der Waals surface area contributed by atoms with Crippen molar-refractivity contribution < 1.29 is 9.47 Å². The molecule has 3 nitrogen and oxygen atoms in total. The molecule has 0 aliphatic rings. The number of hydrogen-bond acceptors (Lipinski definition) is 3. The second-order valence-corrected chi connectivity index (χ2v) is 4.59. The maximum atomic E-state index is 5.96. The summed E-state index contributed by atoms with van der Waals surface area (Å²) in [6.07, 6.45) is 0. The summed E-state index contributed by atoms with van der Waals surface area (Å²) < 4.78 is 11.1. The molecule has 0 atom stereocenters. The molecule has 0 aromatic heterocycles. The maximum absolute atomic E-state index is 5.96. The van der Waals surface area contributed by atoms with Crippen LogP contribution in [0.25, 0.3) is 0 Å². The summed E-state index contributed by atoms with van der Waals surface area (Å²) in [4.78, 5) is 0. The van der Waals surface area contributed by atoms with Gasteiger partial charge in [0.15, 0.2) is 0 Å². The molecule has 0 aliphatic carbocycles. The van der Waals surface area contributed by atoms with E-state index in [9.17, 15) is 0 Å². The number of nitrogens with two attached hydrogens (primary N) is 1. The van der Waals surface area contributed by atoms with Gasteiger partial charge in [0.05, 0.1) is 12.7 Å². The monoisotopic (exact) mass is 257 g/mol. The van der Waals surface area contributed by atoms with Crippen molar-refractivity contribution in [2.75, 3.05) is 12.8 Å². The fourth-order valence-corrected chi connectivity index (χ4v) is 2.04. The molecule has 2 N–H and O–H groups in total. The number of aryl methyl sites for hydroxylation is 2. The van der Waals surface area contributed by atoms with Crippen molar-refractivity contribution >= 4 is 5.69 Å². The molecule has 100 valence electrons. The van der Waals surface area contributed by atoms with Crippen molar-refractivity contribution in [3.8, 4) is 11.5 Å². The van der Waals surface area contributed by atoms with Crippen molar-refractivity contribution in [2.24, 2.45) is 0 Å². The van der Waals surface area contributed by atoms with Gasteiger partial charge in [-0.1, -0.05) is 23.8 Å². The van der Waals surface area contributed by atoms with Gasteiger partial charge in [0.1, 0.15) is 18.1 Å². The Kier molecular flexibility index (Phi) is 3.95. The second-order valence-electron chi connectivity index (χ2n) is 4.59. The van der Waals surface area contributed by atoms with Crippen molar-refractivity contribution in [1.82, 2.24) is 0 Å². The SMILES string of the molecule is COc1cccc(N)c1COc1ccc(C)cc1C. The lowest BCUT2D eigenvalue weighted by Crippen LogP contribution is -2.03. The summed E-state index contributed by atoms with van der Waals surface area (Å²) in [7, 11) is 1.63. The van der Waals surface area contributed by atoms with Gasteiger partial charge in [0.25, 0.3) is 0 Å². The Bertz CT molecular complexity index is 579. The van der Waals surface area contributed by atoms with Crippen LogP contribution >= 0.6 is 0 Å². The first kappa shape index (κ1) is 13.3. The Labute approximate surface area is 114 Å². The van der Waals surface area contributed by atoms with Crippen LogP contribution in [0.5, 0.6) is 11.5 Å². The van der Waals surface area contributed by atoms with Gasteiger partial charge in [0.2, 0.25) is 0 Å². The smallest absolute Gasteiger partial charge is 0.127 e. The molecule has 0 saturated heterocycles. The van der Waals surface area contributed by atoms with Crippen LogP contribution in [0.4, 0.5) is 5.69 Å². The normalized spacial score (nSPS) is 10.3. The lowest BCUT2D eigenvalue weighted by Gasteiger charge is -2.14. The zero-order chi connectivity index (χ0) is 13.8. The van der Waals surface area contributed by atoms with E-state index < -0.39 is 0 Å². The van der Waals surface area contributed by atoms with Gasteiger partial charge in [-0.2, -0.15) is 0 Å². The van der Waals surface area contributed by atoms with Gasteiger partial charge in [-0.15, -0.1) is 0 Å². The fraction of sp³-hybridized carbons (Fsp3) is 0.250. The van der Waals surface area contributed by atoms with Crippen molar-refractivity contribution in [2.45, 2.75) is 20.5 Å². The highest BCUT2D eigenvalue weighted by Gasteiger charge is 2.08.